The van der Waals surface area contributed by atoms with Crippen molar-refractivity contribution in [3.8, 4) is 0 Å². The molecule has 0 N–H and O–H groups in total. The molecule has 0 spiro atoms. The number of aryl methyl sites for hydroxylation is 2. The molecule has 0 amide bonds. The third kappa shape index (κ3) is 6.55. The molecule has 0 bridgehead atoms. The molecule has 0 saturated heterocycles. The number of benzene rings is 1. The van der Waals surface area contributed by atoms with Crippen molar-refractivity contribution in [3.05, 3.63) is 35.4 Å². The van der Waals surface area contributed by atoms with Crippen molar-refractivity contribution >= 4 is 5.78 Å². The van der Waals surface area contributed by atoms with E-state index in [0.717, 1.165) is 38.9 Å². The summed E-state index contributed by atoms with van der Waals surface area (Å²) in [6, 6.07) is 8.58. The van der Waals surface area contributed by atoms with E-state index < -0.39 is 0 Å². The van der Waals surface area contributed by atoms with Crippen LogP contribution in [0, 0.1) is 0 Å². The summed E-state index contributed by atoms with van der Waals surface area (Å²) < 4.78 is 5.46. The molecular formula is C16H24O2. The number of rotatable bonds is 9. The molecule has 18 heavy (non-hydrogen) atoms. The summed E-state index contributed by atoms with van der Waals surface area (Å²) in [5, 5.41) is 0. The first-order chi connectivity index (χ1) is 8.72. The van der Waals surface area contributed by atoms with Gasteiger partial charge in [0.15, 0.2) is 0 Å². The molecule has 2 heteroatoms. The maximum absolute atomic E-state index is 10.9. The van der Waals surface area contributed by atoms with Gasteiger partial charge in [-0.05, 0) is 43.7 Å². The average Bonchev–Trinajstić information content (AvgIpc) is 2.37. The van der Waals surface area contributed by atoms with Crippen molar-refractivity contribution < 1.29 is 9.53 Å². The van der Waals surface area contributed by atoms with Gasteiger partial charge in [0, 0.05) is 19.6 Å². The smallest absolute Gasteiger partial charge is 0.130 e. The number of Topliss-reactive ketones (excluding diaryl/α,β-unsaturated/α-hetero) is 1. The Kier molecular flexibility index (Phi) is 7.35. The SMILES string of the molecule is CCCOCCCc1ccc(CCC(C)=O)cc1. The first-order valence-electron chi connectivity index (χ1n) is 6.87. The average molecular weight is 248 g/mol. The van der Waals surface area contributed by atoms with Crippen LogP contribution in [0.1, 0.15) is 44.2 Å². The summed E-state index contributed by atoms with van der Waals surface area (Å²) in [6.45, 7) is 5.48. The molecular weight excluding hydrogens is 224 g/mol. The van der Waals surface area contributed by atoms with E-state index in [1.54, 1.807) is 6.92 Å². The largest absolute Gasteiger partial charge is 0.381 e. The Bertz CT molecular complexity index is 341. The molecule has 0 heterocycles. The van der Waals surface area contributed by atoms with E-state index in [-0.39, 0.29) is 5.78 Å². The van der Waals surface area contributed by atoms with Gasteiger partial charge in [0.25, 0.3) is 0 Å². The van der Waals surface area contributed by atoms with E-state index in [0.29, 0.717) is 6.42 Å². The monoisotopic (exact) mass is 248 g/mol. The standard InChI is InChI=1S/C16H24O2/c1-3-12-18-13-4-5-15-8-10-16(11-9-15)7-6-14(2)17/h8-11H,3-7,12-13H2,1-2H3. The van der Waals surface area contributed by atoms with Gasteiger partial charge in [0.05, 0.1) is 0 Å². The quantitative estimate of drug-likeness (QED) is 0.624. The van der Waals surface area contributed by atoms with E-state index in [2.05, 4.69) is 31.2 Å². The van der Waals surface area contributed by atoms with Crippen LogP contribution >= 0.6 is 0 Å². The second kappa shape index (κ2) is 8.87. The third-order valence-electron chi connectivity index (χ3n) is 2.89. The van der Waals surface area contributed by atoms with Gasteiger partial charge in [0.2, 0.25) is 0 Å². The van der Waals surface area contributed by atoms with Crippen LogP contribution in [-0.2, 0) is 22.4 Å². The van der Waals surface area contributed by atoms with Crippen LogP contribution in [0.3, 0.4) is 0 Å². The van der Waals surface area contributed by atoms with Gasteiger partial charge >= 0.3 is 0 Å². The van der Waals surface area contributed by atoms with Crippen LogP contribution in [0.4, 0.5) is 0 Å². The maximum Gasteiger partial charge on any atom is 0.130 e. The van der Waals surface area contributed by atoms with Gasteiger partial charge < -0.3 is 9.53 Å². The third-order valence-corrected chi connectivity index (χ3v) is 2.89. The molecule has 1 aromatic carbocycles. The van der Waals surface area contributed by atoms with Crippen molar-refractivity contribution in [2.24, 2.45) is 0 Å². The highest BCUT2D eigenvalue weighted by molar-refractivity contribution is 5.75. The van der Waals surface area contributed by atoms with E-state index >= 15 is 0 Å². The van der Waals surface area contributed by atoms with Gasteiger partial charge in [-0.15, -0.1) is 0 Å². The second-order valence-corrected chi connectivity index (χ2v) is 4.73. The molecule has 2 nitrogen and oxygen atoms in total. The maximum atomic E-state index is 10.9. The lowest BCUT2D eigenvalue weighted by Gasteiger charge is -2.04. The molecule has 0 aromatic heterocycles. The van der Waals surface area contributed by atoms with Crippen LogP contribution in [0.15, 0.2) is 24.3 Å². The highest BCUT2D eigenvalue weighted by Gasteiger charge is 1.98. The summed E-state index contributed by atoms with van der Waals surface area (Å²) in [7, 11) is 0. The molecule has 1 rings (SSSR count). The zero-order valence-corrected chi connectivity index (χ0v) is 11.6. The van der Waals surface area contributed by atoms with Crippen molar-refractivity contribution in [2.45, 2.75) is 46.0 Å². The fourth-order valence-electron chi connectivity index (χ4n) is 1.82. The second-order valence-electron chi connectivity index (χ2n) is 4.73. The Morgan fingerprint density at radius 3 is 2.22 bits per heavy atom. The predicted octanol–water partition coefficient (Wildman–Crippen LogP) is 3.57. The lowest BCUT2D eigenvalue weighted by atomic mass is 10.0. The molecule has 0 saturated carbocycles. The van der Waals surface area contributed by atoms with Crippen molar-refractivity contribution in [1.82, 2.24) is 0 Å². The van der Waals surface area contributed by atoms with E-state index in [9.17, 15) is 4.79 Å². The minimum Gasteiger partial charge on any atom is -0.381 e. The highest BCUT2D eigenvalue weighted by atomic mass is 16.5. The zero-order chi connectivity index (χ0) is 13.2. The van der Waals surface area contributed by atoms with Crippen LogP contribution in [0.5, 0.6) is 0 Å². The molecule has 0 aliphatic carbocycles. The first-order valence-corrected chi connectivity index (χ1v) is 6.87. The van der Waals surface area contributed by atoms with E-state index in [1.807, 2.05) is 0 Å². The highest BCUT2D eigenvalue weighted by Crippen LogP contribution is 2.09. The Labute approximate surface area is 110 Å². The van der Waals surface area contributed by atoms with Crippen LogP contribution in [0.2, 0.25) is 0 Å². The first kappa shape index (κ1) is 14.9. The molecule has 0 atom stereocenters. The minimum absolute atomic E-state index is 0.257. The summed E-state index contributed by atoms with van der Waals surface area (Å²) in [5.41, 5.74) is 2.60. The van der Waals surface area contributed by atoms with Gasteiger partial charge in [-0.2, -0.15) is 0 Å². The van der Waals surface area contributed by atoms with Crippen LogP contribution in [-0.4, -0.2) is 19.0 Å². The lowest BCUT2D eigenvalue weighted by molar-refractivity contribution is -0.116. The predicted molar refractivity (Wildman–Crippen MR) is 74.9 cm³/mol. The summed E-state index contributed by atoms with van der Waals surface area (Å²) in [5.74, 6) is 0.257. The van der Waals surface area contributed by atoms with Gasteiger partial charge in [-0.25, -0.2) is 0 Å². The summed E-state index contributed by atoms with van der Waals surface area (Å²) >= 11 is 0. The molecule has 100 valence electrons. The van der Waals surface area contributed by atoms with Gasteiger partial charge in [0.1, 0.15) is 5.78 Å². The molecule has 0 radical (unpaired) electrons. The van der Waals surface area contributed by atoms with Gasteiger partial charge in [-0.3, -0.25) is 0 Å². The summed E-state index contributed by atoms with van der Waals surface area (Å²) in [4.78, 5) is 10.9. The number of carbonyl (C=O) groups is 1. The molecule has 0 aliphatic rings. The minimum atomic E-state index is 0.257. The fourth-order valence-corrected chi connectivity index (χ4v) is 1.82. The Morgan fingerprint density at radius 2 is 1.67 bits per heavy atom. The van der Waals surface area contributed by atoms with E-state index in [4.69, 9.17) is 4.74 Å². The normalized spacial score (nSPS) is 10.6. The van der Waals surface area contributed by atoms with Crippen LogP contribution in [0.25, 0.3) is 0 Å². The number of hydrogen-bond donors (Lipinski definition) is 0. The Hall–Kier alpha value is -1.15. The van der Waals surface area contributed by atoms with Gasteiger partial charge in [-0.1, -0.05) is 31.2 Å². The lowest BCUT2D eigenvalue weighted by Crippen LogP contribution is -1.98. The molecule has 0 unspecified atom stereocenters. The molecule has 0 aliphatic heterocycles. The van der Waals surface area contributed by atoms with Crippen molar-refractivity contribution in [2.75, 3.05) is 13.2 Å². The van der Waals surface area contributed by atoms with Crippen LogP contribution < -0.4 is 0 Å². The van der Waals surface area contributed by atoms with Crippen molar-refractivity contribution in [3.63, 3.8) is 0 Å². The van der Waals surface area contributed by atoms with Crippen molar-refractivity contribution in [1.29, 1.82) is 0 Å². The summed E-state index contributed by atoms with van der Waals surface area (Å²) in [6.07, 6.45) is 4.73. The fraction of sp³-hybridized carbons (Fsp3) is 0.562. The molecule has 1 aromatic rings. The Balaban J connectivity index is 2.25. The Morgan fingerprint density at radius 1 is 1.06 bits per heavy atom. The van der Waals surface area contributed by atoms with E-state index in [1.165, 1.54) is 11.1 Å². The molecule has 0 fully saturated rings. The number of ketones is 1. The zero-order valence-electron chi connectivity index (χ0n) is 11.6. The number of ether oxygens (including phenoxy) is 1. The number of carbonyl (C=O) groups excluding carboxylic acids is 1. The topological polar surface area (TPSA) is 26.3 Å². The number of hydrogen-bond acceptors (Lipinski definition) is 2.